The highest BCUT2D eigenvalue weighted by molar-refractivity contribution is 9.10. The van der Waals surface area contributed by atoms with Gasteiger partial charge in [-0.1, -0.05) is 22.0 Å². The van der Waals surface area contributed by atoms with Crippen LogP contribution in [0.1, 0.15) is 18.5 Å². The van der Waals surface area contributed by atoms with Gasteiger partial charge < -0.3 is 5.11 Å². The van der Waals surface area contributed by atoms with Crippen molar-refractivity contribution in [3.8, 4) is 0 Å². The van der Waals surface area contributed by atoms with Crippen LogP contribution in [0.4, 0.5) is 8.78 Å². The molecule has 0 radical (unpaired) electrons. The van der Waals surface area contributed by atoms with E-state index in [2.05, 4.69) is 31.1 Å². The molecule has 2 atom stereocenters. The molecular weight excluding hydrogens is 432 g/mol. The number of rotatable bonds is 5. The van der Waals surface area contributed by atoms with E-state index in [9.17, 15) is 13.9 Å². The lowest BCUT2D eigenvalue weighted by atomic mass is 9.86. The van der Waals surface area contributed by atoms with Crippen molar-refractivity contribution in [2.75, 3.05) is 0 Å². The number of benzene rings is 2. The smallest absolute Gasteiger partial charge is 0.137 e. The lowest BCUT2D eigenvalue weighted by Gasteiger charge is -2.35. The van der Waals surface area contributed by atoms with E-state index in [0.29, 0.717) is 0 Å². The van der Waals surface area contributed by atoms with Crippen molar-refractivity contribution < 1.29 is 13.9 Å². The minimum atomic E-state index is -1.77. The first kappa shape index (κ1) is 18.7. The Morgan fingerprint density at radius 2 is 2.00 bits per heavy atom. The van der Waals surface area contributed by atoms with Crippen LogP contribution in [-0.4, -0.2) is 29.7 Å². The van der Waals surface area contributed by atoms with Gasteiger partial charge in [-0.2, -0.15) is 10.2 Å². The molecule has 0 saturated carbocycles. The Morgan fingerprint density at radius 1 is 1.18 bits per heavy atom. The van der Waals surface area contributed by atoms with Gasteiger partial charge in [-0.15, -0.1) is 0 Å². The van der Waals surface area contributed by atoms with Crippen LogP contribution in [0.3, 0.4) is 0 Å². The highest BCUT2D eigenvalue weighted by atomic mass is 79.9. The van der Waals surface area contributed by atoms with Crippen molar-refractivity contribution in [1.82, 2.24) is 24.5 Å². The molecule has 0 aliphatic rings. The van der Waals surface area contributed by atoms with Gasteiger partial charge in [0.05, 0.1) is 24.3 Å². The molecule has 0 fully saturated rings. The zero-order valence-corrected chi connectivity index (χ0v) is 16.4. The zero-order chi connectivity index (χ0) is 19.9. The monoisotopic (exact) mass is 447 g/mol. The first-order chi connectivity index (χ1) is 13.4. The van der Waals surface area contributed by atoms with Crippen molar-refractivity contribution in [2.45, 2.75) is 25.1 Å². The Bertz CT molecular complexity index is 1130. The first-order valence-corrected chi connectivity index (χ1v) is 9.31. The molecule has 1 N–H and O–H groups in total. The molecule has 4 aromatic rings. The maximum atomic E-state index is 14.7. The molecular formula is C19H16BrF2N5O. The highest BCUT2D eigenvalue weighted by Gasteiger charge is 2.41. The Labute approximate surface area is 167 Å². The molecule has 1 unspecified atom stereocenters. The van der Waals surface area contributed by atoms with Crippen LogP contribution in [0.25, 0.3) is 10.9 Å². The molecule has 0 spiro atoms. The predicted octanol–water partition coefficient (Wildman–Crippen LogP) is 3.82. The van der Waals surface area contributed by atoms with Gasteiger partial charge in [-0.25, -0.2) is 18.4 Å². The molecule has 0 aliphatic carbocycles. The van der Waals surface area contributed by atoms with Crippen molar-refractivity contribution in [3.05, 3.63) is 76.9 Å². The number of halogens is 3. The molecule has 4 rings (SSSR count). The lowest BCUT2D eigenvalue weighted by Crippen LogP contribution is -2.41. The summed E-state index contributed by atoms with van der Waals surface area (Å²) in [4.78, 5) is 3.88. The second-order valence-electron chi connectivity index (χ2n) is 6.61. The summed E-state index contributed by atoms with van der Waals surface area (Å²) in [6, 6.07) is 8.06. The van der Waals surface area contributed by atoms with Crippen molar-refractivity contribution in [3.63, 3.8) is 0 Å². The van der Waals surface area contributed by atoms with Crippen LogP contribution in [-0.2, 0) is 12.1 Å². The fraction of sp³-hybridized carbons (Fsp3) is 0.211. The first-order valence-electron chi connectivity index (χ1n) is 8.51. The third kappa shape index (κ3) is 3.20. The maximum Gasteiger partial charge on any atom is 0.137 e. The van der Waals surface area contributed by atoms with Crippen LogP contribution in [0.15, 0.2) is 59.7 Å². The summed E-state index contributed by atoms with van der Waals surface area (Å²) in [6.07, 6.45) is 4.43. The lowest BCUT2D eigenvalue weighted by molar-refractivity contribution is -0.0354. The fourth-order valence-electron chi connectivity index (χ4n) is 3.38. The average molecular weight is 448 g/mol. The molecule has 2 aromatic heterocycles. The summed E-state index contributed by atoms with van der Waals surface area (Å²) in [5.74, 6) is -1.56. The van der Waals surface area contributed by atoms with Gasteiger partial charge >= 0.3 is 0 Å². The van der Waals surface area contributed by atoms with E-state index in [4.69, 9.17) is 0 Å². The van der Waals surface area contributed by atoms with Gasteiger partial charge in [0.15, 0.2) is 0 Å². The molecule has 2 heterocycles. The number of fused-ring (bicyclic) bond motifs is 1. The molecule has 9 heteroatoms. The summed E-state index contributed by atoms with van der Waals surface area (Å²) in [5.41, 5.74) is -1.04. The van der Waals surface area contributed by atoms with Gasteiger partial charge in [0.1, 0.15) is 29.9 Å². The van der Waals surface area contributed by atoms with Gasteiger partial charge in [-0.05, 0) is 31.2 Å². The van der Waals surface area contributed by atoms with Crippen LogP contribution < -0.4 is 0 Å². The largest absolute Gasteiger partial charge is 0.381 e. The summed E-state index contributed by atoms with van der Waals surface area (Å²) < 4.78 is 32.1. The van der Waals surface area contributed by atoms with Gasteiger partial charge in [0, 0.05) is 21.5 Å². The van der Waals surface area contributed by atoms with E-state index < -0.39 is 23.3 Å². The normalized spacial score (nSPS) is 14.9. The standard InChI is InChI=1S/C19H16BrF2N5O/c1-12(27-18-5-2-14(20)6-13(18)8-24-27)19(28,9-26-11-23-10-25-26)16-4-3-15(21)7-17(16)22/h2-8,10-12,28H,9H2,1H3/t12-,19?/m1/s1. The summed E-state index contributed by atoms with van der Waals surface area (Å²) in [5, 5.41) is 20.9. The van der Waals surface area contributed by atoms with E-state index in [1.165, 1.54) is 23.4 Å². The van der Waals surface area contributed by atoms with Crippen molar-refractivity contribution in [1.29, 1.82) is 0 Å². The van der Waals surface area contributed by atoms with Gasteiger partial charge in [0.25, 0.3) is 0 Å². The second-order valence-corrected chi connectivity index (χ2v) is 7.53. The summed E-state index contributed by atoms with van der Waals surface area (Å²) in [6.45, 7) is 1.64. The topological polar surface area (TPSA) is 68.8 Å². The Kier molecular flexibility index (Phi) is 4.72. The molecule has 0 amide bonds. The highest BCUT2D eigenvalue weighted by Crippen LogP contribution is 2.38. The number of hydrogen-bond donors (Lipinski definition) is 1. The van der Waals surface area contributed by atoms with E-state index in [1.54, 1.807) is 17.8 Å². The third-order valence-electron chi connectivity index (χ3n) is 4.88. The molecule has 6 nitrogen and oxygen atoms in total. The molecule has 2 aromatic carbocycles. The van der Waals surface area contributed by atoms with E-state index in [-0.39, 0.29) is 12.1 Å². The van der Waals surface area contributed by atoms with Crippen LogP contribution >= 0.6 is 15.9 Å². The summed E-state index contributed by atoms with van der Waals surface area (Å²) in [7, 11) is 0. The van der Waals surface area contributed by atoms with E-state index >= 15 is 0 Å². The quantitative estimate of drug-likeness (QED) is 0.504. The maximum absolute atomic E-state index is 14.7. The summed E-state index contributed by atoms with van der Waals surface area (Å²) >= 11 is 3.42. The molecule has 28 heavy (non-hydrogen) atoms. The number of aromatic nitrogens is 5. The van der Waals surface area contributed by atoms with Crippen LogP contribution in [0.5, 0.6) is 0 Å². The molecule has 0 saturated heterocycles. The van der Waals surface area contributed by atoms with Gasteiger partial charge in [0.2, 0.25) is 0 Å². The average Bonchev–Trinajstić information content (AvgIpc) is 3.30. The zero-order valence-electron chi connectivity index (χ0n) is 14.8. The SMILES string of the molecule is C[C@@H](n1ncc2cc(Br)ccc21)C(O)(Cn1cncn1)c1ccc(F)cc1F. The second kappa shape index (κ2) is 7.06. The van der Waals surface area contributed by atoms with Crippen molar-refractivity contribution in [2.24, 2.45) is 0 Å². The van der Waals surface area contributed by atoms with E-state index in [0.717, 1.165) is 27.5 Å². The molecule has 0 bridgehead atoms. The number of aliphatic hydroxyl groups is 1. The molecule has 0 aliphatic heterocycles. The van der Waals surface area contributed by atoms with E-state index in [1.807, 2.05) is 18.2 Å². The fourth-order valence-corrected chi connectivity index (χ4v) is 3.76. The third-order valence-corrected chi connectivity index (χ3v) is 5.38. The minimum absolute atomic E-state index is 0.0438. The van der Waals surface area contributed by atoms with Crippen molar-refractivity contribution >= 4 is 26.8 Å². The van der Waals surface area contributed by atoms with Gasteiger partial charge in [-0.3, -0.25) is 4.68 Å². The minimum Gasteiger partial charge on any atom is -0.381 e. The Hall–Kier alpha value is -2.65. The Morgan fingerprint density at radius 3 is 2.71 bits per heavy atom. The molecule has 144 valence electrons. The van der Waals surface area contributed by atoms with Crippen LogP contribution in [0, 0.1) is 11.6 Å². The Balaban J connectivity index is 1.86. The predicted molar refractivity (Wildman–Crippen MR) is 102 cm³/mol. The van der Waals surface area contributed by atoms with Crippen LogP contribution in [0.2, 0.25) is 0 Å². The number of hydrogen-bond acceptors (Lipinski definition) is 4. The number of nitrogens with zero attached hydrogens (tertiary/aromatic N) is 5.